The van der Waals surface area contributed by atoms with Crippen LogP contribution in [-0.4, -0.2) is 19.6 Å². The molecule has 0 bridgehead atoms. The zero-order chi connectivity index (χ0) is 23.5. The fraction of sp³-hybridized carbons (Fsp3) is 0.0952. The first-order valence-electron chi connectivity index (χ1n) is 9.05. The van der Waals surface area contributed by atoms with Crippen LogP contribution in [0.2, 0.25) is 20.1 Å². The lowest BCUT2D eigenvalue weighted by Gasteiger charge is -2.14. The third kappa shape index (κ3) is 6.47. The molecule has 3 rings (SSSR count). The zero-order valence-electron chi connectivity index (χ0n) is 16.4. The fourth-order valence-electron chi connectivity index (χ4n) is 2.55. The normalized spacial score (nSPS) is 12.3. The van der Waals surface area contributed by atoms with Crippen LogP contribution >= 0.6 is 58.2 Å². The number of amides is 1. The second-order valence-corrected chi connectivity index (χ2v) is 11.3. The lowest BCUT2D eigenvalue weighted by molar-refractivity contribution is -0.115. The van der Waals surface area contributed by atoms with Crippen molar-refractivity contribution in [2.24, 2.45) is 0 Å². The van der Waals surface area contributed by atoms with E-state index in [2.05, 4.69) is 10.0 Å². The smallest absolute Gasteiger partial charge is 0.261 e. The Hall–Kier alpha value is -1.61. The highest BCUT2D eigenvalue weighted by atomic mass is 35.5. The lowest BCUT2D eigenvalue weighted by Crippen LogP contribution is -2.22. The molecule has 168 valence electrons. The maximum Gasteiger partial charge on any atom is 0.261 e. The molecule has 1 amide bonds. The van der Waals surface area contributed by atoms with Crippen molar-refractivity contribution in [3.05, 3.63) is 80.8 Å². The van der Waals surface area contributed by atoms with Crippen molar-refractivity contribution in [1.29, 1.82) is 0 Å². The standard InChI is InChI=1S/C21H16Cl4N2O3S2/c1-12(31-20-10-13(22)2-8-18(20)24)21(28)26-14-3-6-16(7-4-14)32(29,30)27-15-5-9-17(23)19(25)11-15/h2-12,27H,1H3,(H,26,28)/t12-/m1/s1. The minimum Gasteiger partial charge on any atom is -0.325 e. The van der Waals surface area contributed by atoms with Gasteiger partial charge < -0.3 is 5.32 Å². The average molecular weight is 550 g/mol. The monoisotopic (exact) mass is 548 g/mol. The highest BCUT2D eigenvalue weighted by Crippen LogP contribution is 2.33. The molecule has 0 unspecified atom stereocenters. The minimum atomic E-state index is -3.85. The van der Waals surface area contributed by atoms with Crippen molar-refractivity contribution in [2.75, 3.05) is 10.0 Å². The molecular weight excluding hydrogens is 534 g/mol. The first kappa shape index (κ1) is 25.0. The van der Waals surface area contributed by atoms with Gasteiger partial charge in [0.1, 0.15) is 0 Å². The van der Waals surface area contributed by atoms with E-state index in [0.717, 1.165) is 0 Å². The zero-order valence-corrected chi connectivity index (χ0v) is 21.1. The Morgan fingerprint density at radius 2 is 1.47 bits per heavy atom. The summed E-state index contributed by atoms with van der Waals surface area (Å²) in [5, 5.41) is 3.87. The van der Waals surface area contributed by atoms with E-state index < -0.39 is 15.3 Å². The molecule has 0 aromatic heterocycles. The number of hydrogen-bond donors (Lipinski definition) is 2. The molecule has 0 heterocycles. The summed E-state index contributed by atoms with van der Waals surface area (Å²) in [6.07, 6.45) is 0. The second kappa shape index (κ2) is 10.5. The van der Waals surface area contributed by atoms with Crippen LogP contribution in [0.1, 0.15) is 6.92 Å². The van der Waals surface area contributed by atoms with Crippen LogP contribution in [0.4, 0.5) is 11.4 Å². The van der Waals surface area contributed by atoms with Crippen LogP contribution in [0.3, 0.4) is 0 Å². The van der Waals surface area contributed by atoms with Crippen molar-refractivity contribution < 1.29 is 13.2 Å². The van der Waals surface area contributed by atoms with Gasteiger partial charge in [0.2, 0.25) is 5.91 Å². The van der Waals surface area contributed by atoms with Crippen molar-refractivity contribution in [2.45, 2.75) is 22.0 Å². The number of rotatable bonds is 7. The van der Waals surface area contributed by atoms with Crippen LogP contribution in [0.25, 0.3) is 0 Å². The number of hydrogen-bond acceptors (Lipinski definition) is 4. The van der Waals surface area contributed by atoms with Crippen molar-refractivity contribution >= 4 is 85.5 Å². The van der Waals surface area contributed by atoms with E-state index >= 15 is 0 Å². The highest BCUT2D eigenvalue weighted by Gasteiger charge is 2.18. The molecule has 3 aromatic rings. The molecule has 0 aliphatic rings. The fourth-order valence-corrected chi connectivity index (χ4v) is 5.30. The molecule has 0 radical (unpaired) electrons. The number of anilines is 2. The summed E-state index contributed by atoms with van der Waals surface area (Å²) in [7, 11) is -3.85. The van der Waals surface area contributed by atoms with Gasteiger partial charge in [-0.2, -0.15) is 0 Å². The number of nitrogens with one attached hydrogen (secondary N) is 2. The molecule has 0 aliphatic carbocycles. The van der Waals surface area contributed by atoms with E-state index in [4.69, 9.17) is 46.4 Å². The van der Waals surface area contributed by atoms with Gasteiger partial charge in [-0.1, -0.05) is 46.4 Å². The molecule has 11 heteroatoms. The minimum absolute atomic E-state index is 0.0229. The third-order valence-corrected chi connectivity index (χ3v) is 8.14. The van der Waals surface area contributed by atoms with Crippen molar-refractivity contribution in [3.63, 3.8) is 0 Å². The Kier molecular flexibility index (Phi) is 8.25. The van der Waals surface area contributed by atoms with E-state index in [9.17, 15) is 13.2 Å². The molecule has 5 nitrogen and oxygen atoms in total. The summed E-state index contributed by atoms with van der Waals surface area (Å²) < 4.78 is 27.6. The van der Waals surface area contributed by atoms with Crippen molar-refractivity contribution in [3.8, 4) is 0 Å². The second-order valence-electron chi connectivity index (χ2n) is 6.58. The Morgan fingerprint density at radius 1 is 0.844 bits per heavy atom. The highest BCUT2D eigenvalue weighted by molar-refractivity contribution is 8.00. The van der Waals surface area contributed by atoms with E-state index in [0.29, 0.717) is 25.7 Å². The first-order valence-corrected chi connectivity index (χ1v) is 12.9. The molecule has 0 spiro atoms. The maximum atomic E-state index is 12.6. The molecule has 3 aromatic carbocycles. The summed E-state index contributed by atoms with van der Waals surface area (Å²) in [6, 6.07) is 15.2. The molecule has 0 aliphatic heterocycles. The molecular formula is C21H16Cl4N2O3S2. The number of carbonyl (C=O) groups excluding carboxylic acids is 1. The number of benzene rings is 3. The van der Waals surface area contributed by atoms with Gasteiger partial charge in [0.25, 0.3) is 10.0 Å². The van der Waals surface area contributed by atoms with E-state index in [1.807, 2.05) is 0 Å². The molecule has 0 saturated carbocycles. The predicted octanol–water partition coefficient (Wildman–Crippen LogP) is 7.22. The predicted molar refractivity (Wildman–Crippen MR) is 134 cm³/mol. The number of halogens is 4. The van der Waals surface area contributed by atoms with E-state index in [1.165, 1.54) is 54.2 Å². The first-order chi connectivity index (χ1) is 15.0. The van der Waals surface area contributed by atoms with Gasteiger partial charge in [-0.3, -0.25) is 9.52 Å². The maximum absolute atomic E-state index is 12.6. The van der Waals surface area contributed by atoms with E-state index in [1.54, 1.807) is 25.1 Å². The van der Waals surface area contributed by atoms with Gasteiger partial charge in [-0.05, 0) is 67.6 Å². The molecule has 0 fully saturated rings. The number of sulfonamides is 1. The van der Waals surface area contributed by atoms with Gasteiger partial charge in [0, 0.05) is 15.6 Å². The van der Waals surface area contributed by atoms with Gasteiger partial charge in [-0.25, -0.2) is 8.42 Å². The molecule has 1 atom stereocenters. The van der Waals surface area contributed by atoms with Crippen LogP contribution < -0.4 is 10.0 Å². The lowest BCUT2D eigenvalue weighted by atomic mass is 10.3. The third-order valence-electron chi connectivity index (χ3n) is 4.17. The van der Waals surface area contributed by atoms with Crippen LogP contribution in [0, 0.1) is 0 Å². The van der Waals surface area contributed by atoms with E-state index in [-0.39, 0.29) is 21.5 Å². The van der Waals surface area contributed by atoms with Gasteiger partial charge in [-0.15, -0.1) is 11.8 Å². The summed E-state index contributed by atoms with van der Waals surface area (Å²) in [6.45, 7) is 1.73. The Bertz CT molecular complexity index is 1250. The summed E-state index contributed by atoms with van der Waals surface area (Å²) >= 11 is 25.2. The topological polar surface area (TPSA) is 75.3 Å². The summed E-state index contributed by atoms with van der Waals surface area (Å²) in [5.74, 6) is -0.268. The number of carbonyl (C=O) groups is 1. The largest absolute Gasteiger partial charge is 0.325 e. The summed E-state index contributed by atoms with van der Waals surface area (Å²) in [4.78, 5) is 13.2. The van der Waals surface area contributed by atoms with Gasteiger partial charge >= 0.3 is 0 Å². The van der Waals surface area contributed by atoms with Gasteiger partial charge in [0.15, 0.2) is 0 Å². The van der Waals surface area contributed by atoms with Crippen molar-refractivity contribution in [1.82, 2.24) is 0 Å². The van der Waals surface area contributed by atoms with Crippen LogP contribution in [0.5, 0.6) is 0 Å². The Morgan fingerprint density at radius 3 is 2.12 bits per heavy atom. The van der Waals surface area contributed by atoms with Gasteiger partial charge in [0.05, 0.1) is 30.9 Å². The Labute approximate surface area is 210 Å². The van der Waals surface area contributed by atoms with Crippen LogP contribution in [0.15, 0.2) is 70.5 Å². The Balaban J connectivity index is 1.66. The number of thioether (sulfide) groups is 1. The average Bonchev–Trinajstić information content (AvgIpc) is 2.73. The molecule has 0 saturated heterocycles. The molecule has 32 heavy (non-hydrogen) atoms. The summed E-state index contributed by atoms with van der Waals surface area (Å²) in [5.41, 5.74) is 0.732. The SMILES string of the molecule is C[C@@H](Sc1cc(Cl)ccc1Cl)C(=O)Nc1ccc(S(=O)(=O)Nc2ccc(Cl)c(Cl)c2)cc1. The quantitative estimate of drug-likeness (QED) is 0.305. The molecule has 2 N–H and O–H groups in total. The van der Waals surface area contributed by atoms with Crippen LogP contribution in [-0.2, 0) is 14.8 Å².